The molecule has 2 nitrogen and oxygen atoms in total. The van der Waals surface area contributed by atoms with Crippen molar-refractivity contribution in [1.82, 2.24) is 5.32 Å². The van der Waals surface area contributed by atoms with E-state index in [9.17, 15) is 4.39 Å². The zero-order valence-electron chi connectivity index (χ0n) is 13.0. The summed E-state index contributed by atoms with van der Waals surface area (Å²) >= 11 is 0. The summed E-state index contributed by atoms with van der Waals surface area (Å²) in [5.74, 6) is 0.498. The zero-order chi connectivity index (χ0) is 14.8. The molecule has 0 aliphatic rings. The normalized spacial score (nSPS) is 12.8. The van der Waals surface area contributed by atoms with E-state index in [2.05, 4.69) is 26.1 Å². The molecule has 3 heteroatoms. The highest BCUT2D eigenvalue weighted by Gasteiger charge is 2.12. The Hall–Kier alpha value is -0.930. The SMILES string of the molecule is CCCNCC(OCCCC(C)C)c1cccc(F)c1. The van der Waals surface area contributed by atoms with Gasteiger partial charge in [0.2, 0.25) is 0 Å². The van der Waals surface area contributed by atoms with Gasteiger partial charge in [-0.3, -0.25) is 0 Å². The molecule has 0 aliphatic carbocycles. The van der Waals surface area contributed by atoms with Crippen molar-refractivity contribution in [3.8, 4) is 0 Å². The van der Waals surface area contributed by atoms with Crippen LogP contribution in [0, 0.1) is 11.7 Å². The number of nitrogens with one attached hydrogen (secondary N) is 1. The molecule has 0 aliphatic heterocycles. The summed E-state index contributed by atoms with van der Waals surface area (Å²) in [6.07, 6.45) is 3.24. The van der Waals surface area contributed by atoms with Crippen LogP contribution in [-0.2, 0) is 4.74 Å². The smallest absolute Gasteiger partial charge is 0.123 e. The van der Waals surface area contributed by atoms with Crippen LogP contribution in [0.1, 0.15) is 51.7 Å². The maximum atomic E-state index is 13.3. The third-order valence-corrected chi connectivity index (χ3v) is 3.22. The number of hydrogen-bond acceptors (Lipinski definition) is 2. The molecule has 0 heterocycles. The highest BCUT2D eigenvalue weighted by atomic mass is 19.1. The maximum Gasteiger partial charge on any atom is 0.123 e. The molecule has 1 aromatic rings. The lowest BCUT2D eigenvalue weighted by atomic mass is 10.1. The van der Waals surface area contributed by atoms with Crippen LogP contribution in [0.25, 0.3) is 0 Å². The van der Waals surface area contributed by atoms with Gasteiger partial charge in [-0.15, -0.1) is 0 Å². The molecule has 0 spiro atoms. The largest absolute Gasteiger partial charge is 0.372 e. The van der Waals surface area contributed by atoms with E-state index >= 15 is 0 Å². The second-order valence-corrected chi connectivity index (χ2v) is 5.65. The van der Waals surface area contributed by atoms with Crippen LogP contribution < -0.4 is 5.32 Å². The lowest BCUT2D eigenvalue weighted by molar-refractivity contribution is 0.0486. The Bertz CT molecular complexity index is 368. The fourth-order valence-electron chi connectivity index (χ4n) is 2.11. The average molecular weight is 281 g/mol. The quantitative estimate of drug-likeness (QED) is 0.645. The lowest BCUT2D eigenvalue weighted by Crippen LogP contribution is -2.24. The monoisotopic (exact) mass is 281 g/mol. The van der Waals surface area contributed by atoms with Gasteiger partial charge in [-0.1, -0.05) is 32.9 Å². The first-order chi connectivity index (χ1) is 9.63. The Kier molecular flexibility index (Phi) is 8.47. The van der Waals surface area contributed by atoms with Crippen molar-refractivity contribution in [1.29, 1.82) is 0 Å². The van der Waals surface area contributed by atoms with Crippen molar-refractivity contribution >= 4 is 0 Å². The van der Waals surface area contributed by atoms with E-state index in [0.717, 1.165) is 44.5 Å². The molecular formula is C17H28FNO. The van der Waals surface area contributed by atoms with E-state index < -0.39 is 0 Å². The fraction of sp³-hybridized carbons (Fsp3) is 0.647. The summed E-state index contributed by atoms with van der Waals surface area (Å²) in [6, 6.07) is 6.72. The second kappa shape index (κ2) is 9.89. The van der Waals surface area contributed by atoms with Gasteiger partial charge in [-0.05, 0) is 49.4 Å². The first-order valence-electron chi connectivity index (χ1n) is 7.71. The molecule has 0 bridgehead atoms. The van der Waals surface area contributed by atoms with Crippen molar-refractivity contribution in [2.75, 3.05) is 19.7 Å². The molecule has 0 saturated carbocycles. The first-order valence-corrected chi connectivity index (χ1v) is 7.71. The van der Waals surface area contributed by atoms with Gasteiger partial charge in [0.25, 0.3) is 0 Å². The molecule has 0 fully saturated rings. The van der Waals surface area contributed by atoms with Crippen LogP contribution in [0.2, 0.25) is 0 Å². The molecule has 1 unspecified atom stereocenters. The minimum atomic E-state index is -0.200. The summed E-state index contributed by atoms with van der Waals surface area (Å²) in [6.45, 7) is 8.99. The Morgan fingerprint density at radius 1 is 1.30 bits per heavy atom. The molecule has 0 amide bonds. The van der Waals surface area contributed by atoms with E-state index in [-0.39, 0.29) is 11.9 Å². The van der Waals surface area contributed by atoms with E-state index in [4.69, 9.17) is 4.74 Å². The predicted octanol–water partition coefficient (Wildman–Crippen LogP) is 4.32. The van der Waals surface area contributed by atoms with Gasteiger partial charge >= 0.3 is 0 Å². The van der Waals surface area contributed by atoms with Crippen molar-refractivity contribution in [2.45, 2.75) is 46.1 Å². The minimum absolute atomic E-state index is 0.0654. The number of benzene rings is 1. The zero-order valence-corrected chi connectivity index (χ0v) is 13.0. The number of ether oxygens (including phenoxy) is 1. The van der Waals surface area contributed by atoms with Gasteiger partial charge in [0, 0.05) is 13.2 Å². The molecule has 1 N–H and O–H groups in total. The van der Waals surface area contributed by atoms with Gasteiger partial charge in [0.15, 0.2) is 0 Å². The Balaban J connectivity index is 2.51. The summed E-state index contributed by atoms with van der Waals surface area (Å²) < 4.78 is 19.3. The molecule has 0 saturated heterocycles. The van der Waals surface area contributed by atoms with Crippen molar-refractivity contribution in [3.63, 3.8) is 0 Å². The van der Waals surface area contributed by atoms with Crippen LogP contribution in [0.15, 0.2) is 24.3 Å². The Morgan fingerprint density at radius 2 is 2.10 bits per heavy atom. The molecule has 1 aromatic carbocycles. The van der Waals surface area contributed by atoms with Crippen LogP contribution in [0.5, 0.6) is 0 Å². The average Bonchev–Trinajstić information content (AvgIpc) is 2.41. The van der Waals surface area contributed by atoms with Crippen LogP contribution in [0.3, 0.4) is 0 Å². The molecule has 1 atom stereocenters. The highest BCUT2D eigenvalue weighted by molar-refractivity contribution is 5.19. The molecular weight excluding hydrogens is 253 g/mol. The topological polar surface area (TPSA) is 21.3 Å². The molecule has 0 aromatic heterocycles. The standard InChI is InChI=1S/C17H28FNO/c1-4-10-19-13-17(20-11-6-7-14(2)3)15-8-5-9-16(18)12-15/h5,8-9,12,14,17,19H,4,6-7,10-11,13H2,1-3H3. The fourth-order valence-corrected chi connectivity index (χ4v) is 2.11. The number of rotatable bonds is 10. The Morgan fingerprint density at radius 3 is 2.75 bits per heavy atom. The summed E-state index contributed by atoms with van der Waals surface area (Å²) in [5, 5.41) is 3.36. The van der Waals surface area contributed by atoms with Gasteiger partial charge in [-0.25, -0.2) is 4.39 Å². The van der Waals surface area contributed by atoms with E-state index in [1.807, 2.05) is 6.07 Å². The van der Waals surface area contributed by atoms with Crippen molar-refractivity contribution < 1.29 is 9.13 Å². The maximum absolute atomic E-state index is 13.3. The van der Waals surface area contributed by atoms with E-state index in [1.165, 1.54) is 6.07 Å². The Labute approximate surface area is 122 Å². The summed E-state index contributed by atoms with van der Waals surface area (Å²) in [7, 11) is 0. The highest BCUT2D eigenvalue weighted by Crippen LogP contribution is 2.18. The molecule has 20 heavy (non-hydrogen) atoms. The first kappa shape index (κ1) is 17.1. The van der Waals surface area contributed by atoms with Gasteiger partial charge in [0.05, 0.1) is 6.10 Å². The third-order valence-electron chi connectivity index (χ3n) is 3.22. The molecule has 1 rings (SSSR count). The molecule has 114 valence electrons. The van der Waals surface area contributed by atoms with Crippen molar-refractivity contribution in [3.05, 3.63) is 35.6 Å². The lowest BCUT2D eigenvalue weighted by Gasteiger charge is -2.19. The summed E-state index contributed by atoms with van der Waals surface area (Å²) in [5.41, 5.74) is 0.915. The minimum Gasteiger partial charge on any atom is -0.372 e. The van der Waals surface area contributed by atoms with Crippen LogP contribution in [-0.4, -0.2) is 19.7 Å². The van der Waals surface area contributed by atoms with Gasteiger partial charge in [0.1, 0.15) is 5.82 Å². The van der Waals surface area contributed by atoms with Gasteiger partial charge in [-0.2, -0.15) is 0 Å². The number of hydrogen-bond donors (Lipinski definition) is 1. The second-order valence-electron chi connectivity index (χ2n) is 5.65. The summed E-state index contributed by atoms with van der Waals surface area (Å²) in [4.78, 5) is 0. The predicted molar refractivity (Wildman–Crippen MR) is 82.3 cm³/mol. The number of halogens is 1. The van der Waals surface area contributed by atoms with Crippen LogP contribution in [0.4, 0.5) is 4.39 Å². The van der Waals surface area contributed by atoms with E-state index in [0.29, 0.717) is 5.92 Å². The third kappa shape index (κ3) is 7.01. The van der Waals surface area contributed by atoms with E-state index in [1.54, 1.807) is 12.1 Å². The van der Waals surface area contributed by atoms with Gasteiger partial charge < -0.3 is 10.1 Å². The molecule has 0 radical (unpaired) electrons. The van der Waals surface area contributed by atoms with Crippen LogP contribution >= 0.6 is 0 Å². The van der Waals surface area contributed by atoms with Crippen molar-refractivity contribution in [2.24, 2.45) is 5.92 Å².